The van der Waals surface area contributed by atoms with Crippen molar-refractivity contribution in [3.8, 4) is 0 Å². The van der Waals surface area contributed by atoms with E-state index in [0.717, 1.165) is 12.8 Å². The van der Waals surface area contributed by atoms with Crippen LogP contribution in [0.1, 0.15) is 21.1 Å². The number of hydrogen-bond acceptors (Lipinski definition) is 1. The Kier molecular flexibility index (Phi) is 1.27. The Morgan fingerprint density at radius 2 is 2.56 bits per heavy atom. The molecule has 1 saturated carbocycles. The highest BCUT2D eigenvalue weighted by molar-refractivity contribution is 5.64. The molecule has 1 amide bonds. The van der Waals surface area contributed by atoms with Gasteiger partial charge in [0, 0.05) is 6.02 Å². The zero-order valence-corrected chi connectivity index (χ0v) is 5.35. The molecular formula is C6H11NO2. The third-order valence-corrected chi connectivity index (χ3v) is 1.49. The Labute approximate surface area is 55.5 Å². The molecule has 0 bridgehead atoms. The van der Waals surface area contributed by atoms with Crippen molar-refractivity contribution in [3.05, 3.63) is 0 Å². The van der Waals surface area contributed by atoms with Gasteiger partial charge in [0.2, 0.25) is 0 Å². The number of rotatable bonds is 2. The molecular weight excluding hydrogens is 118 g/mol. The molecule has 3 nitrogen and oxygen atoms in total. The normalized spacial score (nSPS) is 26.1. The molecule has 0 aliphatic heterocycles. The van der Waals surface area contributed by atoms with E-state index in [1.165, 1.54) is 0 Å². The largest absolute Gasteiger partial charge is 0.465 e. The summed E-state index contributed by atoms with van der Waals surface area (Å²) in [6, 6.07) is -0.966. The molecule has 1 atom stereocenters. The van der Waals surface area contributed by atoms with E-state index in [0.29, 0.717) is 0 Å². The first-order valence-corrected chi connectivity index (χ1v) is 3.03. The molecule has 52 valence electrons. The zero-order valence-electron chi connectivity index (χ0n) is 6.35. The fraction of sp³-hybridized carbons (Fsp3) is 0.833. The van der Waals surface area contributed by atoms with Gasteiger partial charge in [0.25, 0.3) is 0 Å². The molecule has 1 aliphatic rings. The lowest BCUT2D eigenvalue weighted by Crippen LogP contribution is -2.32. The third-order valence-electron chi connectivity index (χ3n) is 1.49. The summed E-state index contributed by atoms with van der Waals surface area (Å²) >= 11 is 0. The average Bonchev–Trinajstić information content (AvgIpc) is 2.35. The lowest BCUT2D eigenvalue weighted by molar-refractivity contribution is 0.189. The molecule has 1 unspecified atom stereocenters. The minimum atomic E-state index is -1.11. The minimum Gasteiger partial charge on any atom is -0.465 e. The Morgan fingerprint density at radius 3 is 2.89 bits per heavy atom. The standard InChI is InChI=1S/C6H11NO2/c1-4(5-2-3-5)7-6(8)9/h4-5,7H,2-3H2,1H3,(H,8,9)/i4D. The highest BCUT2D eigenvalue weighted by Crippen LogP contribution is 2.32. The van der Waals surface area contributed by atoms with Gasteiger partial charge in [-0.3, -0.25) is 0 Å². The van der Waals surface area contributed by atoms with E-state index in [1.54, 1.807) is 6.92 Å². The molecule has 0 spiro atoms. The molecule has 1 fully saturated rings. The average molecular weight is 130 g/mol. The van der Waals surface area contributed by atoms with Gasteiger partial charge >= 0.3 is 6.09 Å². The quantitative estimate of drug-likeness (QED) is 0.587. The third kappa shape index (κ3) is 1.91. The first-order valence-electron chi connectivity index (χ1n) is 3.53. The van der Waals surface area contributed by atoms with Gasteiger partial charge in [-0.2, -0.15) is 0 Å². The molecule has 0 aromatic heterocycles. The van der Waals surface area contributed by atoms with Crippen LogP contribution in [0.3, 0.4) is 0 Å². The van der Waals surface area contributed by atoms with Gasteiger partial charge < -0.3 is 10.4 Å². The van der Waals surface area contributed by atoms with Crippen molar-refractivity contribution in [3.63, 3.8) is 0 Å². The van der Waals surface area contributed by atoms with Crippen LogP contribution >= 0.6 is 0 Å². The molecule has 0 saturated heterocycles. The predicted octanol–water partition coefficient (Wildman–Crippen LogP) is 1.05. The van der Waals surface area contributed by atoms with Gasteiger partial charge in [-0.05, 0) is 25.7 Å². The Morgan fingerprint density at radius 1 is 2.00 bits per heavy atom. The molecule has 0 heterocycles. The zero-order chi connectivity index (χ0) is 7.78. The van der Waals surface area contributed by atoms with Crippen LogP contribution in [0, 0.1) is 5.92 Å². The highest BCUT2D eigenvalue weighted by Gasteiger charge is 2.28. The molecule has 0 aromatic rings. The maximum Gasteiger partial charge on any atom is 0.404 e. The van der Waals surface area contributed by atoms with Crippen LogP contribution < -0.4 is 5.32 Å². The van der Waals surface area contributed by atoms with E-state index in [2.05, 4.69) is 5.32 Å². The first kappa shape index (κ1) is 5.09. The van der Waals surface area contributed by atoms with Crippen molar-refractivity contribution in [1.82, 2.24) is 5.32 Å². The fourth-order valence-corrected chi connectivity index (χ4v) is 0.787. The molecule has 2 N–H and O–H groups in total. The van der Waals surface area contributed by atoms with Crippen LogP contribution in [0.5, 0.6) is 0 Å². The van der Waals surface area contributed by atoms with Gasteiger partial charge in [0.15, 0.2) is 0 Å². The minimum absolute atomic E-state index is 0.226. The number of carboxylic acid groups (broad SMARTS) is 1. The second-order valence-electron chi connectivity index (χ2n) is 2.39. The van der Waals surface area contributed by atoms with Crippen LogP contribution in [-0.4, -0.2) is 17.2 Å². The molecule has 0 radical (unpaired) electrons. The van der Waals surface area contributed by atoms with Crippen molar-refractivity contribution in [2.24, 2.45) is 5.92 Å². The van der Waals surface area contributed by atoms with E-state index in [9.17, 15) is 4.79 Å². The lowest BCUT2D eigenvalue weighted by Gasteiger charge is -2.07. The van der Waals surface area contributed by atoms with E-state index in [1.807, 2.05) is 0 Å². The summed E-state index contributed by atoms with van der Waals surface area (Å²) in [6.45, 7) is 1.60. The topological polar surface area (TPSA) is 49.3 Å². The fourth-order valence-electron chi connectivity index (χ4n) is 0.787. The smallest absolute Gasteiger partial charge is 0.404 e. The highest BCUT2D eigenvalue weighted by atomic mass is 16.4. The van der Waals surface area contributed by atoms with Gasteiger partial charge in [0.05, 0.1) is 1.37 Å². The SMILES string of the molecule is [2H]C(C)(NC(=O)O)C1CC1. The summed E-state index contributed by atoms with van der Waals surface area (Å²) < 4.78 is 7.48. The van der Waals surface area contributed by atoms with Gasteiger partial charge in [-0.25, -0.2) is 4.79 Å². The maximum absolute atomic E-state index is 10.1. The van der Waals surface area contributed by atoms with Gasteiger partial charge in [0.1, 0.15) is 0 Å². The summed E-state index contributed by atoms with van der Waals surface area (Å²) in [7, 11) is 0. The number of nitrogens with one attached hydrogen (secondary N) is 1. The Hall–Kier alpha value is -0.730. The van der Waals surface area contributed by atoms with Crippen LogP contribution in [0.25, 0.3) is 0 Å². The van der Waals surface area contributed by atoms with Crippen LogP contribution in [0.2, 0.25) is 0 Å². The summed E-state index contributed by atoms with van der Waals surface area (Å²) in [5.41, 5.74) is 0. The second-order valence-corrected chi connectivity index (χ2v) is 2.39. The van der Waals surface area contributed by atoms with E-state index in [4.69, 9.17) is 6.48 Å². The monoisotopic (exact) mass is 130 g/mol. The van der Waals surface area contributed by atoms with Crippen LogP contribution in [0.4, 0.5) is 4.79 Å². The predicted molar refractivity (Wildman–Crippen MR) is 33.3 cm³/mol. The lowest BCUT2D eigenvalue weighted by atomic mass is 10.2. The van der Waals surface area contributed by atoms with E-state index >= 15 is 0 Å². The van der Waals surface area contributed by atoms with E-state index in [-0.39, 0.29) is 5.92 Å². The van der Waals surface area contributed by atoms with Crippen molar-refractivity contribution in [2.45, 2.75) is 25.8 Å². The van der Waals surface area contributed by atoms with Crippen LogP contribution in [-0.2, 0) is 0 Å². The van der Waals surface area contributed by atoms with Crippen molar-refractivity contribution < 1.29 is 11.3 Å². The molecule has 1 aliphatic carbocycles. The number of carbonyl (C=O) groups is 1. The van der Waals surface area contributed by atoms with Crippen LogP contribution in [0.15, 0.2) is 0 Å². The molecule has 3 heteroatoms. The van der Waals surface area contributed by atoms with Crippen molar-refractivity contribution in [2.75, 3.05) is 0 Å². The Balaban J connectivity index is 2.41. The molecule has 1 rings (SSSR count). The maximum atomic E-state index is 10.1. The van der Waals surface area contributed by atoms with Gasteiger partial charge in [-0.15, -0.1) is 0 Å². The summed E-state index contributed by atoms with van der Waals surface area (Å²) in [6.07, 6.45) is 0.838. The number of amides is 1. The second kappa shape index (κ2) is 2.25. The Bertz CT molecular complexity index is 154. The summed E-state index contributed by atoms with van der Waals surface area (Å²) in [5.74, 6) is 0.226. The molecule has 9 heavy (non-hydrogen) atoms. The summed E-state index contributed by atoms with van der Waals surface area (Å²) in [5, 5.41) is 10.5. The molecule has 0 aromatic carbocycles. The van der Waals surface area contributed by atoms with E-state index < -0.39 is 12.1 Å². The van der Waals surface area contributed by atoms with Gasteiger partial charge in [-0.1, -0.05) is 0 Å². The van der Waals surface area contributed by atoms with Crippen molar-refractivity contribution >= 4 is 6.09 Å². The number of hydrogen-bond donors (Lipinski definition) is 2. The van der Waals surface area contributed by atoms with Crippen molar-refractivity contribution in [1.29, 1.82) is 0 Å². The first-order chi connectivity index (χ1) is 4.52. The summed E-state index contributed by atoms with van der Waals surface area (Å²) in [4.78, 5) is 10.1.